The van der Waals surface area contributed by atoms with Crippen LogP contribution in [0.4, 0.5) is 5.82 Å². The highest BCUT2D eigenvalue weighted by Crippen LogP contribution is 2.48. The highest BCUT2D eigenvalue weighted by Gasteiger charge is 2.58. The lowest BCUT2D eigenvalue weighted by atomic mass is 9.86. The molecule has 1 saturated heterocycles. The molecule has 5 N–H and O–H groups in total. The smallest absolute Gasteiger partial charge is 0.459 e. The molecular weight excluding hydrogens is 517 g/mol. The number of nitrogens with zero attached hydrogens (tertiary/aromatic N) is 3. The molecule has 1 aliphatic rings. The first-order chi connectivity index (χ1) is 18.0. The van der Waals surface area contributed by atoms with Gasteiger partial charge in [-0.15, -0.1) is 0 Å². The number of rotatable bonds is 11. The van der Waals surface area contributed by atoms with Crippen LogP contribution in [0.1, 0.15) is 32.9 Å². The lowest BCUT2D eigenvalue weighted by molar-refractivity contribution is -0.145. The average molecular weight is 550 g/mol. The number of carbonyl (C=O) groups is 1. The molecule has 4 rings (SSSR count). The molecule has 3 heterocycles. The van der Waals surface area contributed by atoms with Crippen LogP contribution in [0, 0.1) is 0 Å². The topological polar surface area (TPSA) is 180 Å². The SMILES string of the molecule is CCOC(=O)[C@H](CC)NP(=O)(OC[C@@]1(C)OC[C@](O)(c2ccc3c(N)ncnn23)[C@@H]1O)Oc1ccccc1. The molecule has 13 nitrogen and oxygen atoms in total. The molecule has 3 aromatic rings. The van der Waals surface area contributed by atoms with Gasteiger partial charge in [0.1, 0.15) is 35.3 Å². The van der Waals surface area contributed by atoms with Gasteiger partial charge in [0.2, 0.25) is 0 Å². The maximum atomic E-state index is 13.9. The first-order valence-corrected chi connectivity index (χ1v) is 13.7. The summed E-state index contributed by atoms with van der Waals surface area (Å²) in [6.07, 6.45) is -0.0651. The van der Waals surface area contributed by atoms with E-state index < -0.39 is 43.7 Å². The van der Waals surface area contributed by atoms with E-state index in [1.165, 1.54) is 17.8 Å². The number of aliphatic hydroxyl groups excluding tert-OH is 1. The van der Waals surface area contributed by atoms with Gasteiger partial charge in [0.25, 0.3) is 0 Å². The Morgan fingerprint density at radius 3 is 2.74 bits per heavy atom. The largest absolute Gasteiger partial charge is 0.465 e. The normalized spacial score (nSPS) is 25.7. The van der Waals surface area contributed by atoms with Crippen LogP contribution in [0.25, 0.3) is 5.52 Å². The Morgan fingerprint density at radius 1 is 1.32 bits per heavy atom. The van der Waals surface area contributed by atoms with Crippen LogP contribution in [-0.2, 0) is 29.0 Å². The third-order valence-electron chi connectivity index (χ3n) is 6.36. The molecular formula is C24H32N5O8P. The van der Waals surface area contributed by atoms with Crippen LogP contribution < -0.4 is 15.3 Å². The zero-order chi connectivity index (χ0) is 27.6. The van der Waals surface area contributed by atoms with E-state index in [4.69, 9.17) is 24.3 Å². The first kappa shape index (κ1) is 28.0. The Bertz CT molecular complexity index is 1320. The fourth-order valence-corrected chi connectivity index (χ4v) is 5.90. The number of nitrogens with two attached hydrogens (primary N) is 1. The van der Waals surface area contributed by atoms with Gasteiger partial charge in [0.15, 0.2) is 11.4 Å². The molecule has 1 fully saturated rings. The predicted octanol–water partition coefficient (Wildman–Crippen LogP) is 1.78. The van der Waals surface area contributed by atoms with Crippen LogP contribution in [0.2, 0.25) is 0 Å². The third kappa shape index (κ3) is 5.39. The molecule has 38 heavy (non-hydrogen) atoms. The van der Waals surface area contributed by atoms with Crippen LogP contribution in [0.3, 0.4) is 0 Å². The second kappa shape index (κ2) is 11.0. The monoisotopic (exact) mass is 549 g/mol. The summed E-state index contributed by atoms with van der Waals surface area (Å²) in [4.78, 5) is 16.3. The average Bonchev–Trinajstić information content (AvgIpc) is 3.44. The van der Waals surface area contributed by atoms with Gasteiger partial charge in [-0.05, 0) is 44.5 Å². The van der Waals surface area contributed by atoms with E-state index in [9.17, 15) is 19.6 Å². The minimum Gasteiger partial charge on any atom is -0.465 e. The fraction of sp³-hybridized carbons (Fsp3) is 0.458. The molecule has 0 aliphatic carbocycles. The van der Waals surface area contributed by atoms with Crippen molar-refractivity contribution in [2.24, 2.45) is 0 Å². The Morgan fingerprint density at radius 2 is 2.05 bits per heavy atom. The van der Waals surface area contributed by atoms with Gasteiger partial charge in [0.05, 0.1) is 25.5 Å². The number of hydrogen-bond acceptors (Lipinski definition) is 11. The van der Waals surface area contributed by atoms with E-state index in [1.54, 1.807) is 56.3 Å². The number of anilines is 1. The van der Waals surface area contributed by atoms with E-state index in [1.807, 2.05) is 0 Å². The molecule has 0 bridgehead atoms. The van der Waals surface area contributed by atoms with Crippen LogP contribution >= 0.6 is 7.75 Å². The quantitative estimate of drug-likeness (QED) is 0.201. The first-order valence-electron chi connectivity index (χ1n) is 12.1. The van der Waals surface area contributed by atoms with Crippen molar-refractivity contribution >= 4 is 25.1 Å². The second-order valence-corrected chi connectivity index (χ2v) is 10.8. The zero-order valence-corrected chi connectivity index (χ0v) is 22.2. The minimum absolute atomic E-state index is 0.142. The lowest BCUT2D eigenvalue weighted by Gasteiger charge is -2.33. The number of esters is 1. The maximum absolute atomic E-state index is 13.9. The van der Waals surface area contributed by atoms with Crippen LogP contribution in [0.15, 0.2) is 48.8 Å². The zero-order valence-electron chi connectivity index (χ0n) is 21.3. The highest BCUT2D eigenvalue weighted by atomic mass is 31.2. The Labute approximate surface area is 219 Å². The van der Waals surface area contributed by atoms with Gasteiger partial charge in [-0.3, -0.25) is 9.32 Å². The molecule has 2 aromatic heterocycles. The lowest BCUT2D eigenvalue weighted by Crippen LogP contribution is -2.50. The van der Waals surface area contributed by atoms with Gasteiger partial charge in [0, 0.05) is 0 Å². The van der Waals surface area contributed by atoms with Crippen molar-refractivity contribution in [2.75, 3.05) is 25.6 Å². The Hall–Kier alpha value is -3.06. The number of aliphatic hydroxyl groups is 2. The van der Waals surface area contributed by atoms with Crippen molar-refractivity contribution in [1.29, 1.82) is 0 Å². The van der Waals surface area contributed by atoms with Crippen molar-refractivity contribution in [3.05, 3.63) is 54.5 Å². The van der Waals surface area contributed by atoms with Crippen molar-refractivity contribution in [1.82, 2.24) is 19.7 Å². The molecule has 1 aromatic carbocycles. The van der Waals surface area contributed by atoms with Crippen LogP contribution in [0.5, 0.6) is 5.75 Å². The molecule has 5 atom stereocenters. The number of nitrogen functional groups attached to an aromatic ring is 1. The summed E-state index contributed by atoms with van der Waals surface area (Å²) < 4.78 is 37.5. The van der Waals surface area contributed by atoms with Gasteiger partial charge < -0.3 is 29.9 Å². The van der Waals surface area contributed by atoms with Crippen molar-refractivity contribution in [3.63, 3.8) is 0 Å². The molecule has 0 radical (unpaired) electrons. The number of hydrogen-bond donors (Lipinski definition) is 4. The van der Waals surface area contributed by atoms with E-state index in [0.717, 1.165) is 0 Å². The molecule has 0 amide bonds. The fourth-order valence-electron chi connectivity index (χ4n) is 4.22. The van der Waals surface area contributed by atoms with Crippen LogP contribution in [-0.4, -0.2) is 68.3 Å². The number of ether oxygens (including phenoxy) is 2. The number of nitrogens with one attached hydrogen (secondary N) is 1. The van der Waals surface area contributed by atoms with E-state index in [-0.39, 0.29) is 36.9 Å². The van der Waals surface area contributed by atoms with Crippen molar-refractivity contribution in [3.8, 4) is 5.75 Å². The number of fused-ring (bicyclic) bond motifs is 1. The van der Waals surface area contributed by atoms with E-state index in [0.29, 0.717) is 5.52 Å². The van der Waals surface area contributed by atoms with Gasteiger partial charge in [-0.25, -0.2) is 14.1 Å². The van der Waals surface area contributed by atoms with Gasteiger partial charge in [-0.1, -0.05) is 25.1 Å². The maximum Gasteiger partial charge on any atom is 0.459 e. The van der Waals surface area contributed by atoms with Gasteiger partial charge in [-0.2, -0.15) is 10.2 Å². The number of aromatic nitrogens is 3. The number of para-hydroxylation sites is 1. The molecule has 1 aliphatic heterocycles. The Balaban J connectivity index is 1.57. The van der Waals surface area contributed by atoms with Crippen molar-refractivity contribution < 1.29 is 38.1 Å². The molecule has 14 heteroatoms. The molecule has 206 valence electrons. The summed E-state index contributed by atoms with van der Waals surface area (Å²) in [5.74, 6) is -0.186. The van der Waals surface area contributed by atoms with E-state index in [2.05, 4.69) is 15.2 Å². The summed E-state index contributed by atoms with van der Waals surface area (Å²) in [6.45, 7) is 4.24. The van der Waals surface area contributed by atoms with Crippen molar-refractivity contribution in [2.45, 2.75) is 50.5 Å². The summed E-state index contributed by atoms with van der Waals surface area (Å²) in [5.41, 5.74) is 3.14. The molecule has 1 unspecified atom stereocenters. The molecule has 0 spiro atoms. The van der Waals surface area contributed by atoms with Gasteiger partial charge >= 0.3 is 13.7 Å². The summed E-state index contributed by atoms with van der Waals surface area (Å²) in [7, 11) is -4.23. The summed E-state index contributed by atoms with van der Waals surface area (Å²) in [5, 5.41) is 29.5. The standard InChI is InChI=1S/C24H32N5O8P/c1-4-17(21(30)34-5-2)28-38(33,37-16-9-7-6-8-10-16)36-13-23(3)22(31)24(32,14-35-23)19-12-11-18-20(25)26-15-27-29(18)19/h6-12,15,17,22,31-32H,4-5,13-14H2,1-3H3,(H,28,33)(H2,25,26,27)/t17-,22+,23+,24-,38?/m0/s1. The summed E-state index contributed by atoms with van der Waals surface area (Å²) in [6, 6.07) is 10.5. The Kier molecular flexibility index (Phi) is 8.07. The second-order valence-electron chi connectivity index (χ2n) is 9.11. The molecule has 0 saturated carbocycles. The highest BCUT2D eigenvalue weighted by molar-refractivity contribution is 7.52. The number of benzene rings is 1. The van der Waals surface area contributed by atoms with E-state index >= 15 is 0 Å². The third-order valence-corrected chi connectivity index (χ3v) is 7.91. The minimum atomic E-state index is -4.23. The number of carbonyl (C=O) groups excluding carboxylic acids is 1. The predicted molar refractivity (Wildman–Crippen MR) is 136 cm³/mol. The summed E-state index contributed by atoms with van der Waals surface area (Å²) >= 11 is 0.